The molecular weight excluding hydrogens is 204 g/mol. The van der Waals surface area contributed by atoms with Gasteiger partial charge in [-0.15, -0.1) is 0 Å². The van der Waals surface area contributed by atoms with E-state index in [4.69, 9.17) is 5.73 Å². The van der Waals surface area contributed by atoms with Crippen LogP contribution in [-0.4, -0.2) is 18.4 Å². The maximum atomic E-state index is 11.9. The Morgan fingerprint density at radius 3 is 2.06 bits per heavy atom. The lowest BCUT2D eigenvalue weighted by molar-refractivity contribution is -0.131. The first-order valence-corrected chi connectivity index (χ1v) is 5.70. The van der Waals surface area contributed by atoms with E-state index in [1.54, 1.807) is 0 Å². The molecule has 1 atom stereocenters. The third kappa shape index (κ3) is 5.73. The van der Waals surface area contributed by atoms with Gasteiger partial charge in [-0.25, -0.2) is 0 Å². The molecule has 3 N–H and O–H groups in total. The van der Waals surface area contributed by atoms with Gasteiger partial charge in [0.15, 0.2) is 0 Å². The lowest BCUT2D eigenvalue weighted by atomic mass is 9.76. The summed E-state index contributed by atoms with van der Waals surface area (Å²) in [6.45, 7) is 10.2. The van der Waals surface area contributed by atoms with Crippen molar-refractivity contribution in [1.82, 2.24) is 5.32 Å². The third-order valence-corrected chi connectivity index (χ3v) is 2.51. The molecule has 0 bridgehead atoms. The van der Waals surface area contributed by atoms with E-state index < -0.39 is 5.91 Å². The van der Waals surface area contributed by atoms with Crippen LogP contribution >= 0.6 is 0 Å². The predicted octanol–water partition coefficient (Wildman–Crippen LogP) is 1.30. The molecule has 4 nitrogen and oxygen atoms in total. The molecule has 0 fully saturated rings. The van der Waals surface area contributed by atoms with Gasteiger partial charge in [-0.05, 0) is 17.8 Å². The van der Waals surface area contributed by atoms with E-state index in [0.717, 1.165) is 6.42 Å². The van der Waals surface area contributed by atoms with Crippen molar-refractivity contribution in [3.8, 4) is 0 Å². The smallest absolute Gasteiger partial charge is 0.236 e. The van der Waals surface area contributed by atoms with Gasteiger partial charge < -0.3 is 11.1 Å². The minimum Gasteiger partial charge on any atom is -0.368 e. The Bertz CT molecular complexity index is 254. The molecule has 0 aromatic heterocycles. The number of carbonyl (C=O) groups is 2. The monoisotopic (exact) mass is 228 g/mol. The van der Waals surface area contributed by atoms with Crippen molar-refractivity contribution < 1.29 is 9.59 Å². The maximum absolute atomic E-state index is 11.9. The zero-order chi connectivity index (χ0) is 12.9. The molecule has 0 aliphatic heterocycles. The zero-order valence-electron chi connectivity index (χ0n) is 11.0. The number of nitrogens with one attached hydrogen (secondary N) is 1. The highest BCUT2D eigenvalue weighted by Gasteiger charge is 2.31. The molecule has 0 aliphatic rings. The van der Waals surface area contributed by atoms with Gasteiger partial charge in [-0.1, -0.05) is 34.6 Å². The van der Waals surface area contributed by atoms with Gasteiger partial charge in [0.2, 0.25) is 11.8 Å². The van der Waals surface area contributed by atoms with Crippen molar-refractivity contribution in [2.45, 2.75) is 41.0 Å². The lowest BCUT2D eigenvalue weighted by Crippen LogP contribution is -2.42. The summed E-state index contributed by atoms with van der Waals surface area (Å²) < 4.78 is 0. The quantitative estimate of drug-likeness (QED) is 0.744. The van der Waals surface area contributed by atoms with Crippen LogP contribution in [0.2, 0.25) is 0 Å². The summed E-state index contributed by atoms with van der Waals surface area (Å²) in [5, 5.41) is 2.58. The summed E-state index contributed by atoms with van der Waals surface area (Å²) in [4.78, 5) is 22.5. The number of rotatable bonds is 5. The number of carbonyl (C=O) groups excluding carboxylic acids is 2. The Morgan fingerprint density at radius 2 is 1.75 bits per heavy atom. The molecule has 4 heteroatoms. The second-order valence-corrected chi connectivity index (χ2v) is 5.73. The number of hydrogen-bond donors (Lipinski definition) is 2. The van der Waals surface area contributed by atoms with E-state index in [-0.39, 0.29) is 23.8 Å². The predicted molar refractivity (Wildman–Crippen MR) is 64.6 cm³/mol. The molecule has 0 saturated carbocycles. The normalized spacial score (nSPS) is 13.6. The van der Waals surface area contributed by atoms with E-state index in [1.807, 2.05) is 20.8 Å². The second-order valence-electron chi connectivity index (χ2n) is 5.73. The van der Waals surface area contributed by atoms with Crippen LogP contribution in [0.3, 0.4) is 0 Å². The van der Waals surface area contributed by atoms with E-state index >= 15 is 0 Å². The lowest BCUT2D eigenvalue weighted by Gasteiger charge is -2.30. The Balaban J connectivity index is 4.51. The van der Waals surface area contributed by atoms with Crippen LogP contribution < -0.4 is 11.1 Å². The molecule has 0 rings (SSSR count). The fraction of sp³-hybridized carbons (Fsp3) is 0.833. The van der Waals surface area contributed by atoms with E-state index in [9.17, 15) is 9.59 Å². The van der Waals surface area contributed by atoms with E-state index in [0.29, 0.717) is 5.92 Å². The van der Waals surface area contributed by atoms with Gasteiger partial charge in [0.1, 0.15) is 0 Å². The van der Waals surface area contributed by atoms with Crippen LogP contribution in [0.1, 0.15) is 41.0 Å². The standard InChI is InChI=1S/C12H24N2O2/c1-8(2)6-9(12(3,4)5)11(16)14-7-10(13)15/h8-9H,6-7H2,1-5H3,(H2,13,15)(H,14,16). The zero-order valence-corrected chi connectivity index (χ0v) is 11.0. The molecular formula is C12H24N2O2. The van der Waals surface area contributed by atoms with Gasteiger partial charge in [0, 0.05) is 5.92 Å². The largest absolute Gasteiger partial charge is 0.368 e. The summed E-state index contributed by atoms with van der Waals surface area (Å²) in [6.07, 6.45) is 0.814. The molecule has 0 radical (unpaired) electrons. The number of amides is 2. The first-order valence-electron chi connectivity index (χ1n) is 5.70. The number of hydrogen-bond acceptors (Lipinski definition) is 2. The second kappa shape index (κ2) is 5.87. The van der Waals surface area contributed by atoms with Gasteiger partial charge in [0.05, 0.1) is 6.54 Å². The molecule has 0 spiro atoms. The van der Waals surface area contributed by atoms with Gasteiger partial charge >= 0.3 is 0 Å². The minimum absolute atomic E-state index is 0.0799. The molecule has 0 saturated heterocycles. The molecule has 94 valence electrons. The average Bonchev–Trinajstić information content (AvgIpc) is 2.08. The number of primary amides is 1. The molecule has 0 aromatic rings. The average molecular weight is 228 g/mol. The van der Waals surface area contributed by atoms with Crippen molar-refractivity contribution in [3.63, 3.8) is 0 Å². The van der Waals surface area contributed by atoms with Crippen molar-refractivity contribution in [2.75, 3.05) is 6.54 Å². The van der Waals surface area contributed by atoms with Gasteiger partial charge in [-0.3, -0.25) is 9.59 Å². The SMILES string of the molecule is CC(C)CC(C(=O)NCC(N)=O)C(C)(C)C. The summed E-state index contributed by atoms with van der Waals surface area (Å²) in [5.74, 6) is -0.235. The molecule has 0 heterocycles. The van der Waals surface area contributed by atoms with Gasteiger partial charge in [-0.2, -0.15) is 0 Å². The van der Waals surface area contributed by atoms with Crippen molar-refractivity contribution in [3.05, 3.63) is 0 Å². The van der Waals surface area contributed by atoms with E-state index in [2.05, 4.69) is 19.2 Å². The molecule has 2 amide bonds. The molecule has 16 heavy (non-hydrogen) atoms. The Labute approximate surface area is 98.0 Å². The maximum Gasteiger partial charge on any atom is 0.236 e. The first kappa shape index (κ1) is 14.9. The van der Waals surface area contributed by atoms with Crippen LogP contribution in [0.15, 0.2) is 0 Å². The van der Waals surface area contributed by atoms with Crippen molar-refractivity contribution in [1.29, 1.82) is 0 Å². The Morgan fingerprint density at radius 1 is 1.25 bits per heavy atom. The van der Waals surface area contributed by atoms with Crippen molar-refractivity contribution in [2.24, 2.45) is 23.0 Å². The Kier molecular flexibility index (Phi) is 5.48. The highest BCUT2D eigenvalue weighted by molar-refractivity contribution is 5.85. The topological polar surface area (TPSA) is 72.2 Å². The van der Waals surface area contributed by atoms with Crippen LogP contribution in [0.4, 0.5) is 0 Å². The fourth-order valence-electron chi connectivity index (χ4n) is 1.62. The fourth-order valence-corrected chi connectivity index (χ4v) is 1.62. The molecule has 1 unspecified atom stereocenters. The van der Waals surface area contributed by atoms with Crippen LogP contribution in [-0.2, 0) is 9.59 Å². The summed E-state index contributed by atoms with van der Waals surface area (Å²) in [7, 11) is 0. The van der Waals surface area contributed by atoms with E-state index in [1.165, 1.54) is 0 Å². The summed E-state index contributed by atoms with van der Waals surface area (Å²) >= 11 is 0. The van der Waals surface area contributed by atoms with Crippen molar-refractivity contribution >= 4 is 11.8 Å². The highest BCUT2D eigenvalue weighted by atomic mass is 16.2. The third-order valence-electron chi connectivity index (χ3n) is 2.51. The molecule has 0 aromatic carbocycles. The highest BCUT2D eigenvalue weighted by Crippen LogP contribution is 2.31. The first-order chi connectivity index (χ1) is 7.14. The van der Waals surface area contributed by atoms with Crippen LogP contribution in [0.5, 0.6) is 0 Å². The van der Waals surface area contributed by atoms with Gasteiger partial charge in [0.25, 0.3) is 0 Å². The summed E-state index contributed by atoms with van der Waals surface area (Å²) in [5.41, 5.74) is 4.89. The van der Waals surface area contributed by atoms with Crippen LogP contribution in [0, 0.1) is 17.3 Å². The Hall–Kier alpha value is -1.06. The summed E-state index contributed by atoms with van der Waals surface area (Å²) in [6, 6.07) is 0. The number of nitrogens with two attached hydrogens (primary N) is 1. The molecule has 0 aliphatic carbocycles. The van der Waals surface area contributed by atoms with Crippen LogP contribution in [0.25, 0.3) is 0 Å². The minimum atomic E-state index is -0.509.